The van der Waals surface area contributed by atoms with Crippen LogP contribution in [0.2, 0.25) is 0 Å². The molecular formula is C9H18O. The Morgan fingerprint density at radius 1 is 1.30 bits per heavy atom. The molecule has 1 fully saturated rings. The van der Waals surface area contributed by atoms with Crippen LogP contribution in [0.3, 0.4) is 0 Å². The van der Waals surface area contributed by atoms with E-state index in [-0.39, 0.29) is 6.10 Å². The molecule has 0 aromatic carbocycles. The molecule has 1 heteroatoms. The summed E-state index contributed by atoms with van der Waals surface area (Å²) in [4.78, 5) is 0. The number of aliphatic hydroxyl groups excluding tert-OH is 1. The van der Waals surface area contributed by atoms with Gasteiger partial charge >= 0.3 is 0 Å². The Morgan fingerprint density at radius 2 is 2.00 bits per heavy atom. The Balaban J connectivity index is 2.25. The molecule has 0 unspecified atom stereocenters. The molecule has 0 bridgehead atoms. The normalized spacial score (nSPS) is 34.2. The second-order valence-electron chi connectivity index (χ2n) is 3.40. The van der Waals surface area contributed by atoms with Gasteiger partial charge in [0.25, 0.3) is 0 Å². The zero-order chi connectivity index (χ0) is 7.40. The van der Waals surface area contributed by atoms with E-state index in [2.05, 4.69) is 6.92 Å². The molecule has 10 heavy (non-hydrogen) atoms. The van der Waals surface area contributed by atoms with Crippen molar-refractivity contribution < 1.29 is 5.11 Å². The lowest BCUT2D eigenvalue weighted by Gasteiger charge is -2.26. The van der Waals surface area contributed by atoms with Gasteiger partial charge in [-0.25, -0.2) is 0 Å². The zero-order valence-electron chi connectivity index (χ0n) is 6.84. The van der Waals surface area contributed by atoms with Crippen molar-refractivity contribution in [2.75, 3.05) is 0 Å². The molecule has 0 aromatic rings. The highest BCUT2D eigenvalue weighted by Gasteiger charge is 2.21. The Morgan fingerprint density at radius 3 is 2.60 bits per heavy atom. The highest BCUT2D eigenvalue weighted by atomic mass is 16.3. The molecule has 1 N–H and O–H groups in total. The number of hydrogen-bond acceptors (Lipinski definition) is 1. The predicted molar refractivity (Wildman–Crippen MR) is 42.9 cm³/mol. The molecule has 0 aromatic heterocycles. The van der Waals surface area contributed by atoms with Crippen molar-refractivity contribution in [3.63, 3.8) is 0 Å². The van der Waals surface area contributed by atoms with Crippen molar-refractivity contribution in [2.24, 2.45) is 5.92 Å². The van der Waals surface area contributed by atoms with Crippen LogP contribution >= 0.6 is 0 Å². The average molecular weight is 142 g/mol. The van der Waals surface area contributed by atoms with Crippen LogP contribution in [0, 0.1) is 5.92 Å². The van der Waals surface area contributed by atoms with Crippen molar-refractivity contribution in [3.8, 4) is 0 Å². The van der Waals surface area contributed by atoms with Crippen LogP contribution in [0.1, 0.15) is 45.4 Å². The van der Waals surface area contributed by atoms with Gasteiger partial charge < -0.3 is 5.11 Å². The van der Waals surface area contributed by atoms with Crippen LogP contribution < -0.4 is 0 Å². The molecule has 1 nitrogen and oxygen atoms in total. The molecule has 0 aliphatic heterocycles. The summed E-state index contributed by atoms with van der Waals surface area (Å²) in [6, 6.07) is 0. The molecule has 60 valence electrons. The average Bonchev–Trinajstić information content (AvgIpc) is 1.94. The SMILES string of the molecule is CCC[C@@H]1CCCC[C@H]1O. The Hall–Kier alpha value is -0.0400. The summed E-state index contributed by atoms with van der Waals surface area (Å²) in [7, 11) is 0. The van der Waals surface area contributed by atoms with Crippen molar-refractivity contribution in [3.05, 3.63) is 0 Å². The zero-order valence-corrected chi connectivity index (χ0v) is 6.84. The van der Waals surface area contributed by atoms with Gasteiger partial charge in [0.05, 0.1) is 6.10 Å². The Labute approximate surface area is 63.4 Å². The fourth-order valence-corrected chi connectivity index (χ4v) is 1.90. The summed E-state index contributed by atoms with van der Waals surface area (Å²) in [5, 5.41) is 9.50. The minimum absolute atomic E-state index is 0.0219. The summed E-state index contributed by atoms with van der Waals surface area (Å²) < 4.78 is 0. The van der Waals surface area contributed by atoms with E-state index in [1.165, 1.54) is 32.1 Å². The first-order chi connectivity index (χ1) is 4.84. The van der Waals surface area contributed by atoms with Crippen LogP contribution in [-0.2, 0) is 0 Å². The van der Waals surface area contributed by atoms with Gasteiger partial charge in [0.1, 0.15) is 0 Å². The van der Waals surface area contributed by atoms with Crippen LogP contribution in [0.5, 0.6) is 0 Å². The second kappa shape index (κ2) is 3.97. The molecule has 0 radical (unpaired) electrons. The predicted octanol–water partition coefficient (Wildman–Crippen LogP) is 2.34. The van der Waals surface area contributed by atoms with E-state index < -0.39 is 0 Å². The van der Waals surface area contributed by atoms with Gasteiger partial charge in [-0.2, -0.15) is 0 Å². The first-order valence-corrected chi connectivity index (χ1v) is 4.52. The van der Waals surface area contributed by atoms with E-state index in [9.17, 15) is 5.11 Å². The van der Waals surface area contributed by atoms with Crippen molar-refractivity contribution in [1.82, 2.24) is 0 Å². The van der Waals surface area contributed by atoms with Gasteiger partial charge in [-0.3, -0.25) is 0 Å². The number of rotatable bonds is 2. The third-order valence-corrected chi connectivity index (χ3v) is 2.53. The van der Waals surface area contributed by atoms with Gasteiger partial charge in [0, 0.05) is 0 Å². The van der Waals surface area contributed by atoms with Crippen molar-refractivity contribution in [1.29, 1.82) is 0 Å². The second-order valence-corrected chi connectivity index (χ2v) is 3.40. The van der Waals surface area contributed by atoms with E-state index in [0.29, 0.717) is 5.92 Å². The Bertz CT molecular complexity index is 88.7. The van der Waals surface area contributed by atoms with Crippen LogP contribution in [-0.4, -0.2) is 11.2 Å². The summed E-state index contributed by atoms with van der Waals surface area (Å²) in [6.07, 6.45) is 7.35. The molecular weight excluding hydrogens is 124 g/mol. The van der Waals surface area contributed by atoms with Crippen molar-refractivity contribution in [2.45, 2.75) is 51.6 Å². The lowest BCUT2D eigenvalue weighted by molar-refractivity contribution is 0.0650. The third kappa shape index (κ3) is 1.98. The summed E-state index contributed by atoms with van der Waals surface area (Å²) in [5.41, 5.74) is 0. The van der Waals surface area contributed by atoms with Crippen LogP contribution in [0.4, 0.5) is 0 Å². The van der Waals surface area contributed by atoms with E-state index >= 15 is 0 Å². The third-order valence-electron chi connectivity index (χ3n) is 2.53. The summed E-state index contributed by atoms with van der Waals surface area (Å²) in [5.74, 6) is 0.624. The fraction of sp³-hybridized carbons (Fsp3) is 1.00. The Kier molecular flexibility index (Phi) is 3.20. The first-order valence-electron chi connectivity index (χ1n) is 4.52. The molecule has 1 aliphatic carbocycles. The maximum Gasteiger partial charge on any atom is 0.0568 e. The quantitative estimate of drug-likeness (QED) is 0.627. The standard InChI is InChI=1S/C9H18O/c1-2-5-8-6-3-4-7-9(8)10/h8-10H,2-7H2,1H3/t8-,9-/m1/s1. The molecule has 0 saturated heterocycles. The van der Waals surface area contributed by atoms with Crippen molar-refractivity contribution >= 4 is 0 Å². The minimum atomic E-state index is 0.0219. The maximum absolute atomic E-state index is 9.50. The molecule has 0 spiro atoms. The van der Waals surface area contributed by atoms with Gasteiger partial charge in [-0.05, 0) is 25.2 Å². The summed E-state index contributed by atoms with van der Waals surface area (Å²) >= 11 is 0. The van der Waals surface area contributed by atoms with E-state index in [1.807, 2.05) is 0 Å². The molecule has 0 amide bonds. The number of hydrogen-bond donors (Lipinski definition) is 1. The van der Waals surface area contributed by atoms with Crippen LogP contribution in [0.25, 0.3) is 0 Å². The first kappa shape index (κ1) is 8.06. The monoisotopic (exact) mass is 142 g/mol. The maximum atomic E-state index is 9.50. The fourth-order valence-electron chi connectivity index (χ4n) is 1.90. The lowest BCUT2D eigenvalue weighted by Crippen LogP contribution is -2.23. The van der Waals surface area contributed by atoms with Gasteiger partial charge in [-0.15, -0.1) is 0 Å². The van der Waals surface area contributed by atoms with Gasteiger partial charge in [0.15, 0.2) is 0 Å². The van der Waals surface area contributed by atoms with E-state index in [0.717, 1.165) is 6.42 Å². The largest absolute Gasteiger partial charge is 0.393 e. The highest BCUT2D eigenvalue weighted by molar-refractivity contribution is 4.73. The van der Waals surface area contributed by atoms with Gasteiger partial charge in [-0.1, -0.05) is 26.2 Å². The minimum Gasteiger partial charge on any atom is -0.393 e. The molecule has 0 heterocycles. The molecule has 1 saturated carbocycles. The smallest absolute Gasteiger partial charge is 0.0568 e. The highest BCUT2D eigenvalue weighted by Crippen LogP contribution is 2.27. The summed E-state index contributed by atoms with van der Waals surface area (Å²) in [6.45, 7) is 2.20. The lowest BCUT2D eigenvalue weighted by atomic mass is 9.84. The van der Waals surface area contributed by atoms with Crippen LogP contribution in [0.15, 0.2) is 0 Å². The topological polar surface area (TPSA) is 20.2 Å². The van der Waals surface area contributed by atoms with E-state index in [1.54, 1.807) is 0 Å². The molecule has 2 atom stereocenters. The van der Waals surface area contributed by atoms with E-state index in [4.69, 9.17) is 0 Å². The molecule has 1 rings (SSSR count). The van der Waals surface area contributed by atoms with Gasteiger partial charge in [0.2, 0.25) is 0 Å². The molecule has 1 aliphatic rings. The number of aliphatic hydroxyl groups is 1.